The average Bonchev–Trinajstić information content (AvgIpc) is 2.74. The highest BCUT2D eigenvalue weighted by molar-refractivity contribution is 7.71. The molecule has 0 saturated carbocycles. The molecule has 3 aromatic rings. The van der Waals surface area contributed by atoms with Gasteiger partial charge < -0.3 is 9.88 Å². The highest BCUT2D eigenvalue weighted by atomic mass is 32.1. The molecule has 0 radical (unpaired) electrons. The number of fused-ring (bicyclic) bond motifs is 1. The number of nitrogens with zero attached hydrogens (tertiary/aromatic N) is 2. The van der Waals surface area contributed by atoms with E-state index in [-0.39, 0.29) is 0 Å². The topological polar surface area (TPSA) is 24.0 Å². The molecule has 0 amide bonds. The third-order valence-electron chi connectivity index (χ3n) is 3.20. The number of anilines is 1. The summed E-state index contributed by atoms with van der Waals surface area (Å²) in [6, 6.07) is 16.5. The van der Waals surface area contributed by atoms with Gasteiger partial charge in [0.2, 0.25) is 0 Å². The van der Waals surface area contributed by atoms with E-state index in [0.29, 0.717) is 0 Å². The van der Waals surface area contributed by atoms with Gasteiger partial charge in [-0.1, -0.05) is 18.2 Å². The maximum absolute atomic E-state index is 5.44. The van der Waals surface area contributed by atoms with Crippen LogP contribution in [0.4, 0.5) is 5.69 Å². The van der Waals surface area contributed by atoms with Gasteiger partial charge in [-0.15, -0.1) is 0 Å². The summed E-state index contributed by atoms with van der Waals surface area (Å²) >= 11 is 5.44. The van der Waals surface area contributed by atoms with Crippen molar-refractivity contribution in [3.05, 3.63) is 53.3 Å². The van der Waals surface area contributed by atoms with Crippen molar-refractivity contribution < 1.29 is 0 Å². The third-order valence-corrected chi connectivity index (χ3v) is 3.48. The van der Waals surface area contributed by atoms with Crippen LogP contribution in [0.5, 0.6) is 0 Å². The summed E-state index contributed by atoms with van der Waals surface area (Å²) in [6.45, 7) is 0. The molecule has 2 aromatic carbocycles. The third kappa shape index (κ3) is 2.04. The van der Waals surface area contributed by atoms with E-state index < -0.39 is 0 Å². The van der Waals surface area contributed by atoms with Crippen molar-refractivity contribution in [1.29, 1.82) is 0 Å². The Bertz CT molecular complexity index is 769. The summed E-state index contributed by atoms with van der Waals surface area (Å²) in [5.41, 5.74) is 4.39. The minimum atomic E-state index is 0.720. The van der Waals surface area contributed by atoms with Crippen LogP contribution < -0.4 is 4.90 Å². The molecule has 0 unspecified atom stereocenters. The molecule has 0 saturated heterocycles. The number of benzene rings is 2. The van der Waals surface area contributed by atoms with Crippen molar-refractivity contribution in [3.8, 4) is 5.69 Å². The monoisotopic (exact) mass is 269 g/mol. The number of rotatable bonds is 2. The Morgan fingerprint density at radius 1 is 1.05 bits per heavy atom. The van der Waals surface area contributed by atoms with Gasteiger partial charge in [0.15, 0.2) is 4.77 Å². The van der Waals surface area contributed by atoms with E-state index >= 15 is 0 Å². The van der Waals surface area contributed by atoms with Gasteiger partial charge in [0, 0.05) is 25.5 Å². The van der Waals surface area contributed by atoms with Crippen molar-refractivity contribution in [2.75, 3.05) is 19.0 Å². The lowest BCUT2D eigenvalue weighted by Crippen LogP contribution is -2.08. The molecule has 1 aromatic heterocycles. The number of aromatic nitrogens is 2. The number of para-hydroxylation sites is 1. The normalized spacial score (nSPS) is 10.8. The van der Waals surface area contributed by atoms with Crippen LogP contribution in [0.1, 0.15) is 0 Å². The summed E-state index contributed by atoms with van der Waals surface area (Å²) in [5, 5.41) is 0. The molecule has 0 fully saturated rings. The second-order valence-corrected chi connectivity index (χ2v) is 5.08. The maximum atomic E-state index is 5.44. The Balaban J connectivity index is 2.27. The Hall–Kier alpha value is -2.07. The number of hydrogen-bond donors (Lipinski definition) is 1. The van der Waals surface area contributed by atoms with Crippen molar-refractivity contribution in [2.45, 2.75) is 0 Å². The van der Waals surface area contributed by atoms with E-state index in [0.717, 1.165) is 27.2 Å². The van der Waals surface area contributed by atoms with Crippen molar-refractivity contribution in [3.63, 3.8) is 0 Å². The van der Waals surface area contributed by atoms with Crippen LogP contribution in [0.15, 0.2) is 48.5 Å². The predicted octanol–water partition coefficient (Wildman–Crippen LogP) is 3.75. The molecule has 0 bridgehead atoms. The second-order valence-electron chi connectivity index (χ2n) is 4.70. The summed E-state index contributed by atoms with van der Waals surface area (Å²) in [5.74, 6) is 0. The molecule has 1 heterocycles. The minimum absolute atomic E-state index is 0.720. The fourth-order valence-electron chi connectivity index (χ4n) is 2.21. The van der Waals surface area contributed by atoms with Crippen LogP contribution in [-0.2, 0) is 0 Å². The zero-order chi connectivity index (χ0) is 13.4. The van der Waals surface area contributed by atoms with Crippen LogP contribution in [-0.4, -0.2) is 23.6 Å². The van der Waals surface area contributed by atoms with E-state index in [9.17, 15) is 0 Å². The second kappa shape index (κ2) is 4.55. The number of H-pyrrole nitrogens is 1. The van der Waals surface area contributed by atoms with Gasteiger partial charge in [0.05, 0.1) is 11.0 Å². The first-order valence-electron chi connectivity index (χ1n) is 6.14. The quantitative estimate of drug-likeness (QED) is 0.716. The minimum Gasteiger partial charge on any atom is -0.378 e. The van der Waals surface area contributed by atoms with Gasteiger partial charge in [-0.2, -0.15) is 0 Å². The SMILES string of the molecule is CN(C)c1ccc2c(c1)[nH]c(=S)n2-c1ccccc1. The van der Waals surface area contributed by atoms with Gasteiger partial charge >= 0.3 is 0 Å². The zero-order valence-electron chi connectivity index (χ0n) is 10.9. The highest BCUT2D eigenvalue weighted by Gasteiger charge is 2.07. The molecule has 0 atom stereocenters. The standard InChI is InChI=1S/C15H15N3S/c1-17(2)12-8-9-14-13(10-12)16-15(19)18(14)11-6-4-3-5-7-11/h3-10H,1-2H3,(H,16,19). The molecule has 3 nitrogen and oxygen atoms in total. The van der Waals surface area contributed by atoms with Gasteiger partial charge in [0.25, 0.3) is 0 Å². The Kier molecular flexibility index (Phi) is 2.87. The molecule has 0 aliphatic carbocycles. The van der Waals surface area contributed by atoms with E-state index in [4.69, 9.17) is 12.2 Å². The first-order chi connectivity index (χ1) is 9.16. The summed E-state index contributed by atoms with van der Waals surface area (Å²) in [4.78, 5) is 5.35. The summed E-state index contributed by atoms with van der Waals surface area (Å²) in [6.07, 6.45) is 0. The van der Waals surface area contributed by atoms with Gasteiger partial charge in [-0.25, -0.2) is 0 Å². The lowest BCUT2D eigenvalue weighted by molar-refractivity contribution is 1.06. The molecule has 0 spiro atoms. The summed E-state index contributed by atoms with van der Waals surface area (Å²) in [7, 11) is 4.06. The Morgan fingerprint density at radius 3 is 2.47 bits per heavy atom. The van der Waals surface area contributed by atoms with Gasteiger partial charge in [0.1, 0.15) is 0 Å². The number of nitrogens with one attached hydrogen (secondary N) is 1. The van der Waals surface area contributed by atoms with E-state index in [1.54, 1.807) is 0 Å². The van der Waals surface area contributed by atoms with Crippen LogP contribution in [0.2, 0.25) is 0 Å². The molecular weight excluding hydrogens is 254 g/mol. The largest absolute Gasteiger partial charge is 0.378 e. The highest BCUT2D eigenvalue weighted by Crippen LogP contribution is 2.23. The van der Waals surface area contributed by atoms with Crippen molar-refractivity contribution >= 4 is 28.9 Å². The van der Waals surface area contributed by atoms with Crippen LogP contribution in [0, 0.1) is 4.77 Å². The first kappa shape index (κ1) is 12.0. The molecule has 1 N–H and O–H groups in total. The maximum Gasteiger partial charge on any atom is 0.182 e. The van der Waals surface area contributed by atoms with Crippen molar-refractivity contribution in [1.82, 2.24) is 9.55 Å². The smallest absolute Gasteiger partial charge is 0.182 e. The molecule has 19 heavy (non-hydrogen) atoms. The van der Waals surface area contributed by atoms with E-state index in [1.807, 2.05) is 32.3 Å². The molecule has 3 rings (SSSR count). The molecular formula is C15H15N3S. The molecule has 96 valence electrons. The van der Waals surface area contributed by atoms with Gasteiger partial charge in [-0.05, 0) is 42.5 Å². The van der Waals surface area contributed by atoms with Crippen LogP contribution >= 0.6 is 12.2 Å². The van der Waals surface area contributed by atoms with E-state index in [1.165, 1.54) is 0 Å². The fourth-order valence-corrected chi connectivity index (χ4v) is 2.52. The number of aromatic amines is 1. The molecule has 4 heteroatoms. The fraction of sp³-hybridized carbons (Fsp3) is 0.133. The Morgan fingerprint density at radius 2 is 1.79 bits per heavy atom. The lowest BCUT2D eigenvalue weighted by Gasteiger charge is -2.12. The van der Waals surface area contributed by atoms with Crippen LogP contribution in [0.25, 0.3) is 16.7 Å². The van der Waals surface area contributed by atoms with E-state index in [2.05, 4.69) is 44.8 Å². The van der Waals surface area contributed by atoms with Gasteiger partial charge in [-0.3, -0.25) is 4.57 Å². The van der Waals surface area contributed by atoms with Crippen molar-refractivity contribution in [2.24, 2.45) is 0 Å². The average molecular weight is 269 g/mol. The Labute approximate surface area is 117 Å². The number of hydrogen-bond acceptors (Lipinski definition) is 2. The lowest BCUT2D eigenvalue weighted by atomic mass is 10.2. The van der Waals surface area contributed by atoms with Crippen LogP contribution in [0.3, 0.4) is 0 Å². The number of imidazole rings is 1. The summed E-state index contributed by atoms with van der Waals surface area (Å²) < 4.78 is 2.78. The predicted molar refractivity (Wildman–Crippen MR) is 82.8 cm³/mol. The zero-order valence-corrected chi connectivity index (χ0v) is 11.7. The molecule has 0 aliphatic rings. The first-order valence-corrected chi connectivity index (χ1v) is 6.55. The molecule has 0 aliphatic heterocycles.